The highest BCUT2D eigenvalue weighted by molar-refractivity contribution is 5.72. The van der Waals surface area contributed by atoms with Crippen molar-refractivity contribution in [2.24, 2.45) is 5.92 Å². The Morgan fingerprint density at radius 1 is 1.40 bits per heavy atom. The topological polar surface area (TPSA) is 119 Å². The minimum atomic E-state index is -1.01. The molecule has 1 aromatic rings. The molecule has 2 N–H and O–H groups in total. The van der Waals surface area contributed by atoms with Gasteiger partial charge < -0.3 is 15.2 Å². The first-order valence-corrected chi connectivity index (χ1v) is 5.77. The molecule has 0 saturated carbocycles. The van der Waals surface area contributed by atoms with Crippen molar-refractivity contribution in [3.05, 3.63) is 39.9 Å². The molecule has 0 heterocycles. The lowest BCUT2D eigenvalue weighted by atomic mass is 10.2. The van der Waals surface area contributed by atoms with Gasteiger partial charge in [0.05, 0.1) is 10.8 Å². The minimum absolute atomic E-state index is 0.0333. The number of carbonyl (C=O) groups excluding carboxylic acids is 1. The van der Waals surface area contributed by atoms with Crippen LogP contribution in [-0.4, -0.2) is 28.6 Å². The molecule has 1 rings (SSSR count). The number of ether oxygens (including phenoxy) is 1. The third-order valence-corrected chi connectivity index (χ3v) is 2.49. The van der Waals surface area contributed by atoms with Crippen LogP contribution in [0.25, 0.3) is 0 Å². The number of hydrogen-bond donors (Lipinski definition) is 2. The number of benzene rings is 1. The Balaban J connectivity index is 2.37. The summed E-state index contributed by atoms with van der Waals surface area (Å²) < 4.78 is 4.85. The lowest BCUT2D eigenvalue weighted by Crippen LogP contribution is -2.31. The van der Waals surface area contributed by atoms with E-state index in [1.165, 1.54) is 31.2 Å². The average Bonchev–Trinajstić information content (AvgIpc) is 2.42. The van der Waals surface area contributed by atoms with Crippen LogP contribution in [-0.2, 0) is 16.1 Å². The lowest BCUT2D eigenvalue weighted by Gasteiger charge is -2.09. The van der Waals surface area contributed by atoms with Crippen LogP contribution in [0.15, 0.2) is 24.3 Å². The highest BCUT2D eigenvalue weighted by Gasteiger charge is 2.12. The van der Waals surface area contributed by atoms with Crippen molar-refractivity contribution in [1.29, 1.82) is 0 Å². The van der Waals surface area contributed by atoms with Crippen LogP contribution in [0.5, 0.6) is 0 Å². The molecule has 0 saturated heterocycles. The highest BCUT2D eigenvalue weighted by atomic mass is 16.6. The van der Waals surface area contributed by atoms with Gasteiger partial charge >= 0.3 is 12.1 Å². The van der Waals surface area contributed by atoms with E-state index in [0.29, 0.717) is 5.56 Å². The molecule has 1 amide bonds. The summed E-state index contributed by atoms with van der Waals surface area (Å²) in [7, 11) is 0. The van der Waals surface area contributed by atoms with E-state index < -0.39 is 22.9 Å². The van der Waals surface area contributed by atoms with Crippen LogP contribution in [0, 0.1) is 16.0 Å². The SMILES string of the molecule is CC(CNC(=O)OCc1ccc([N+](=O)[O-])cc1)C(=O)O. The Labute approximate surface area is 114 Å². The molecule has 1 aromatic carbocycles. The quantitative estimate of drug-likeness (QED) is 0.603. The van der Waals surface area contributed by atoms with Crippen LogP contribution >= 0.6 is 0 Å². The molecule has 1 atom stereocenters. The van der Waals surface area contributed by atoms with Crippen molar-refractivity contribution < 1.29 is 24.4 Å². The predicted molar refractivity (Wildman–Crippen MR) is 68.1 cm³/mol. The lowest BCUT2D eigenvalue weighted by molar-refractivity contribution is -0.384. The number of nitro groups is 1. The number of carbonyl (C=O) groups is 2. The predicted octanol–water partition coefficient (Wildman–Crippen LogP) is 1.54. The van der Waals surface area contributed by atoms with Crippen LogP contribution in [0.1, 0.15) is 12.5 Å². The minimum Gasteiger partial charge on any atom is -0.481 e. The number of nitrogens with one attached hydrogen (secondary N) is 1. The first-order valence-electron chi connectivity index (χ1n) is 5.77. The van der Waals surface area contributed by atoms with Gasteiger partial charge in [0.1, 0.15) is 6.61 Å². The molecule has 0 aliphatic rings. The summed E-state index contributed by atoms with van der Waals surface area (Å²) in [5.74, 6) is -1.72. The fourth-order valence-corrected chi connectivity index (χ4v) is 1.24. The summed E-state index contributed by atoms with van der Waals surface area (Å²) in [5, 5.41) is 21.4. The van der Waals surface area contributed by atoms with E-state index in [0.717, 1.165) is 0 Å². The van der Waals surface area contributed by atoms with Crippen molar-refractivity contribution in [3.8, 4) is 0 Å². The molecule has 0 aromatic heterocycles. The van der Waals surface area contributed by atoms with Gasteiger partial charge in [0.25, 0.3) is 5.69 Å². The zero-order chi connectivity index (χ0) is 15.1. The molecular weight excluding hydrogens is 268 g/mol. The third-order valence-electron chi connectivity index (χ3n) is 2.49. The van der Waals surface area contributed by atoms with E-state index in [4.69, 9.17) is 9.84 Å². The van der Waals surface area contributed by atoms with Crippen LogP contribution < -0.4 is 5.32 Å². The number of alkyl carbamates (subject to hydrolysis) is 1. The largest absolute Gasteiger partial charge is 0.481 e. The van der Waals surface area contributed by atoms with E-state index in [1.54, 1.807) is 0 Å². The maximum atomic E-state index is 11.3. The molecule has 1 unspecified atom stereocenters. The van der Waals surface area contributed by atoms with Crippen LogP contribution in [0.3, 0.4) is 0 Å². The molecule has 8 heteroatoms. The molecule has 0 bridgehead atoms. The van der Waals surface area contributed by atoms with Crippen LogP contribution in [0.2, 0.25) is 0 Å². The Hall–Kier alpha value is -2.64. The Morgan fingerprint density at radius 2 is 2.00 bits per heavy atom. The molecule has 20 heavy (non-hydrogen) atoms. The molecule has 8 nitrogen and oxygen atoms in total. The van der Waals surface area contributed by atoms with Crippen molar-refractivity contribution >= 4 is 17.7 Å². The molecular formula is C12H14N2O6. The van der Waals surface area contributed by atoms with Crippen molar-refractivity contribution in [2.75, 3.05) is 6.54 Å². The third kappa shape index (κ3) is 4.92. The first kappa shape index (κ1) is 15.4. The van der Waals surface area contributed by atoms with Gasteiger partial charge in [-0.15, -0.1) is 0 Å². The second-order valence-electron chi connectivity index (χ2n) is 4.12. The van der Waals surface area contributed by atoms with E-state index >= 15 is 0 Å². The second kappa shape index (κ2) is 7.07. The number of carboxylic acids is 1. The molecule has 0 aliphatic heterocycles. The smallest absolute Gasteiger partial charge is 0.407 e. The van der Waals surface area contributed by atoms with Crippen molar-refractivity contribution in [1.82, 2.24) is 5.32 Å². The molecule has 0 radical (unpaired) electrons. The number of nitro benzene ring substituents is 1. The molecule has 0 aliphatic carbocycles. The van der Waals surface area contributed by atoms with Gasteiger partial charge in [0.15, 0.2) is 0 Å². The number of amides is 1. The van der Waals surface area contributed by atoms with E-state index in [-0.39, 0.29) is 18.8 Å². The fourth-order valence-electron chi connectivity index (χ4n) is 1.24. The van der Waals surface area contributed by atoms with E-state index in [9.17, 15) is 19.7 Å². The molecule has 0 spiro atoms. The Bertz CT molecular complexity index is 499. The first-order chi connectivity index (χ1) is 9.40. The van der Waals surface area contributed by atoms with Gasteiger partial charge in [0, 0.05) is 18.7 Å². The summed E-state index contributed by atoms with van der Waals surface area (Å²) in [6.45, 7) is 1.37. The van der Waals surface area contributed by atoms with Crippen LogP contribution in [0.4, 0.5) is 10.5 Å². The van der Waals surface area contributed by atoms with E-state index in [1.807, 2.05) is 0 Å². The Morgan fingerprint density at radius 3 is 2.50 bits per heavy atom. The number of non-ortho nitro benzene ring substituents is 1. The zero-order valence-electron chi connectivity index (χ0n) is 10.7. The number of nitrogens with zero attached hydrogens (tertiary/aromatic N) is 1. The summed E-state index contributed by atoms with van der Waals surface area (Å²) in [6, 6.07) is 5.57. The molecule has 108 valence electrons. The fraction of sp³-hybridized carbons (Fsp3) is 0.333. The summed E-state index contributed by atoms with van der Waals surface area (Å²) in [5.41, 5.74) is 0.547. The standard InChI is InChI=1S/C12H14N2O6/c1-8(11(15)16)6-13-12(17)20-7-9-2-4-10(5-3-9)14(18)19/h2-5,8H,6-7H2,1H3,(H,13,17)(H,15,16). The highest BCUT2D eigenvalue weighted by Crippen LogP contribution is 2.12. The average molecular weight is 282 g/mol. The van der Waals surface area contributed by atoms with Crippen molar-refractivity contribution in [2.45, 2.75) is 13.5 Å². The van der Waals surface area contributed by atoms with Gasteiger partial charge in [-0.2, -0.15) is 0 Å². The maximum absolute atomic E-state index is 11.3. The van der Waals surface area contributed by atoms with Gasteiger partial charge in [-0.05, 0) is 17.7 Å². The monoisotopic (exact) mass is 282 g/mol. The summed E-state index contributed by atoms with van der Waals surface area (Å²) in [4.78, 5) is 31.7. The zero-order valence-corrected chi connectivity index (χ0v) is 10.7. The number of carboxylic acid groups (broad SMARTS) is 1. The van der Waals surface area contributed by atoms with Crippen molar-refractivity contribution in [3.63, 3.8) is 0 Å². The number of aliphatic carboxylic acids is 1. The summed E-state index contributed by atoms with van der Waals surface area (Å²) >= 11 is 0. The van der Waals surface area contributed by atoms with Gasteiger partial charge in [-0.25, -0.2) is 4.79 Å². The maximum Gasteiger partial charge on any atom is 0.407 e. The normalized spacial score (nSPS) is 11.4. The number of rotatable bonds is 6. The second-order valence-corrected chi connectivity index (χ2v) is 4.12. The summed E-state index contributed by atoms with van der Waals surface area (Å²) in [6.07, 6.45) is -0.739. The Kier molecular flexibility index (Phi) is 5.45. The van der Waals surface area contributed by atoms with Gasteiger partial charge in [-0.3, -0.25) is 14.9 Å². The number of hydrogen-bond acceptors (Lipinski definition) is 5. The molecule has 0 fully saturated rings. The van der Waals surface area contributed by atoms with Gasteiger partial charge in [0.2, 0.25) is 0 Å². The van der Waals surface area contributed by atoms with Gasteiger partial charge in [-0.1, -0.05) is 6.92 Å². The van der Waals surface area contributed by atoms with E-state index in [2.05, 4.69) is 5.32 Å².